The fourth-order valence-corrected chi connectivity index (χ4v) is 2.18. The average Bonchev–Trinajstić information content (AvgIpc) is 2.83. The number of nitrogens with one attached hydrogen (secondary N) is 1. The molecule has 0 spiro atoms. The van der Waals surface area contributed by atoms with Crippen molar-refractivity contribution in [1.82, 2.24) is 19.9 Å². The maximum atomic E-state index is 4.43. The van der Waals surface area contributed by atoms with Gasteiger partial charge in [0.15, 0.2) is 11.5 Å². The summed E-state index contributed by atoms with van der Waals surface area (Å²) in [5, 5.41) is 3.04. The van der Waals surface area contributed by atoms with E-state index in [1.54, 1.807) is 11.3 Å². The van der Waals surface area contributed by atoms with Gasteiger partial charge in [0.2, 0.25) is 0 Å². The van der Waals surface area contributed by atoms with Crippen LogP contribution in [-0.4, -0.2) is 19.9 Å². The minimum absolute atomic E-state index is 0.751. The highest BCUT2D eigenvalue weighted by Crippen LogP contribution is 2.21. The zero-order valence-corrected chi connectivity index (χ0v) is 9.80. The van der Waals surface area contributed by atoms with Crippen LogP contribution >= 0.6 is 11.3 Å². The van der Waals surface area contributed by atoms with Gasteiger partial charge in [0.25, 0.3) is 0 Å². The number of thiazole rings is 1. The van der Waals surface area contributed by atoms with Gasteiger partial charge < -0.3 is 4.98 Å². The number of pyridine rings is 1. The third kappa shape index (κ3) is 1.49. The molecule has 80 valence electrons. The minimum atomic E-state index is 0.751. The van der Waals surface area contributed by atoms with Crippen molar-refractivity contribution in [2.75, 3.05) is 0 Å². The molecule has 3 aromatic rings. The summed E-state index contributed by atoms with van der Waals surface area (Å²) in [7, 11) is 0. The quantitative estimate of drug-likeness (QED) is 0.699. The summed E-state index contributed by atoms with van der Waals surface area (Å²) in [5.41, 5.74) is 3.56. The van der Waals surface area contributed by atoms with Crippen LogP contribution in [0, 0.1) is 13.8 Å². The Morgan fingerprint density at radius 3 is 2.75 bits per heavy atom. The lowest BCUT2D eigenvalue weighted by Crippen LogP contribution is -1.81. The molecule has 0 aromatic carbocycles. The fraction of sp³-hybridized carbons (Fsp3) is 0.182. The summed E-state index contributed by atoms with van der Waals surface area (Å²) in [6.45, 7) is 3.94. The summed E-state index contributed by atoms with van der Waals surface area (Å²) >= 11 is 1.62. The van der Waals surface area contributed by atoms with Gasteiger partial charge in [-0.2, -0.15) is 0 Å². The molecule has 0 bridgehead atoms. The number of hydrogen-bond donors (Lipinski definition) is 1. The van der Waals surface area contributed by atoms with Crippen molar-refractivity contribution >= 4 is 22.5 Å². The van der Waals surface area contributed by atoms with Crippen molar-refractivity contribution in [3.8, 4) is 11.5 Å². The highest BCUT2D eigenvalue weighted by Gasteiger charge is 2.08. The summed E-state index contributed by atoms with van der Waals surface area (Å²) in [6, 6.07) is 3.96. The largest absolute Gasteiger partial charge is 0.335 e. The van der Waals surface area contributed by atoms with Gasteiger partial charge in [0.1, 0.15) is 5.69 Å². The molecule has 0 aliphatic heterocycles. The number of hydrogen-bond acceptors (Lipinski definition) is 4. The summed E-state index contributed by atoms with van der Waals surface area (Å²) in [6.07, 6.45) is 0. The molecular weight excluding hydrogens is 220 g/mol. The SMILES string of the molecule is Cc1ccc2[nH]c(-c3csc(C)n3)nc2n1. The Morgan fingerprint density at radius 1 is 1.12 bits per heavy atom. The van der Waals surface area contributed by atoms with Gasteiger partial charge in [-0.05, 0) is 26.0 Å². The fourth-order valence-electron chi connectivity index (χ4n) is 1.58. The number of imidazole rings is 1. The van der Waals surface area contributed by atoms with E-state index in [4.69, 9.17) is 0 Å². The topological polar surface area (TPSA) is 54.5 Å². The second kappa shape index (κ2) is 3.38. The van der Waals surface area contributed by atoms with Crippen molar-refractivity contribution < 1.29 is 0 Å². The third-order valence-electron chi connectivity index (χ3n) is 2.35. The first-order valence-corrected chi connectivity index (χ1v) is 5.86. The summed E-state index contributed by atoms with van der Waals surface area (Å²) < 4.78 is 0. The van der Waals surface area contributed by atoms with Gasteiger partial charge in [0, 0.05) is 11.1 Å². The molecule has 0 radical (unpaired) electrons. The molecule has 3 aromatic heterocycles. The highest BCUT2D eigenvalue weighted by atomic mass is 32.1. The van der Waals surface area contributed by atoms with Crippen molar-refractivity contribution in [3.05, 3.63) is 28.2 Å². The Hall–Kier alpha value is -1.75. The number of nitrogens with zero attached hydrogens (tertiary/aromatic N) is 3. The molecule has 0 aliphatic rings. The highest BCUT2D eigenvalue weighted by molar-refractivity contribution is 7.09. The van der Waals surface area contributed by atoms with E-state index >= 15 is 0 Å². The maximum Gasteiger partial charge on any atom is 0.178 e. The smallest absolute Gasteiger partial charge is 0.178 e. The van der Waals surface area contributed by atoms with E-state index in [1.165, 1.54) is 0 Å². The Labute approximate surface area is 96.4 Å². The Bertz CT molecular complexity index is 653. The van der Waals surface area contributed by atoms with Crippen molar-refractivity contribution in [2.24, 2.45) is 0 Å². The van der Waals surface area contributed by atoms with Gasteiger partial charge in [-0.3, -0.25) is 0 Å². The van der Waals surface area contributed by atoms with Crippen molar-refractivity contribution in [3.63, 3.8) is 0 Å². The Morgan fingerprint density at radius 2 is 2.00 bits per heavy atom. The molecule has 0 aliphatic carbocycles. The Kier molecular flexibility index (Phi) is 2.00. The van der Waals surface area contributed by atoms with E-state index in [2.05, 4.69) is 19.9 Å². The molecule has 3 heterocycles. The molecule has 0 saturated carbocycles. The summed E-state index contributed by atoms with van der Waals surface area (Å²) in [4.78, 5) is 16.4. The minimum Gasteiger partial charge on any atom is -0.335 e. The average molecular weight is 230 g/mol. The van der Waals surface area contributed by atoms with E-state index < -0.39 is 0 Å². The standard InChI is InChI=1S/C11H10N4S/c1-6-3-4-8-10(12-6)15-11(14-8)9-5-16-7(2)13-9/h3-5H,1-2H3,(H,12,14,15). The lowest BCUT2D eigenvalue weighted by Gasteiger charge is -1.88. The molecule has 0 atom stereocenters. The first-order chi connectivity index (χ1) is 7.72. The number of fused-ring (bicyclic) bond motifs is 1. The molecule has 0 amide bonds. The molecular formula is C11H10N4S. The predicted octanol–water partition coefficient (Wildman–Crippen LogP) is 2.70. The van der Waals surface area contributed by atoms with Crippen LogP contribution in [0.2, 0.25) is 0 Å². The third-order valence-corrected chi connectivity index (χ3v) is 3.12. The van der Waals surface area contributed by atoms with Crippen LogP contribution in [0.25, 0.3) is 22.7 Å². The van der Waals surface area contributed by atoms with Crippen molar-refractivity contribution in [1.29, 1.82) is 0 Å². The Balaban J connectivity index is 2.18. The van der Waals surface area contributed by atoms with Crippen LogP contribution in [0.5, 0.6) is 0 Å². The normalized spacial score (nSPS) is 11.1. The number of aryl methyl sites for hydroxylation is 2. The molecule has 0 unspecified atom stereocenters. The molecule has 5 heteroatoms. The van der Waals surface area contributed by atoms with Crippen LogP contribution in [0.4, 0.5) is 0 Å². The second-order valence-electron chi connectivity index (χ2n) is 3.66. The van der Waals surface area contributed by atoms with Gasteiger partial charge in [-0.1, -0.05) is 0 Å². The molecule has 1 N–H and O–H groups in total. The predicted molar refractivity (Wildman–Crippen MR) is 64.5 cm³/mol. The van der Waals surface area contributed by atoms with Crippen LogP contribution in [0.3, 0.4) is 0 Å². The van der Waals surface area contributed by atoms with Crippen LogP contribution < -0.4 is 0 Å². The van der Waals surface area contributed by atoms with Gasteiger partial charge in [-0.25, -0.2) is 15.0 Å². The first kappa shape index (κ1) is 9.47. The molecule has 4 nitrogen and oxygen atoms in total. The molecule has 16 heavy (non-hydrogen) atoms. The van der Waals surface area contributed by atoms with E-state index in [0.717, 1.165) is 33.4 Å². The summed E-state index contributed by atoms with van der Waals surface area (Å²) in [5.74, 6) is 0.789. The van der Waals surface area contributed by atoms with E-state index in [-0.39, 0.29) is 0 Å². The van der Waals surface area contributed by atoms with Crippen molar-refractivity contribution in [2.45, 2.75) is 13.8 Å². The van der Waals surface area contributed by atoms with Crippen LogP contribution in [0.1, 0.15) is 10.7 Å². The molecule has 3 rings (SSSR count). The number of rotatable bonds is 1. The lowest BCUT2D eigenvalue weighted by molar-refractivity contribution is 1.20. The number of H-pyrrole nitrogens is 1. The van der Waals surface area contributed by atoms with Crippen LogP contribution in [-0.2, 0) is 0 Å². The van der Waals surface area contributed by atoms with Gasteiger partial charge in [0.05, 0.1) is 10.5 Å². The van der Waals surface area contributed by atoms with E-state index in [1.807, 2.05) is 31.4 Å². The second-order valence-corrected chi connectivity index (χ2v) is 4.72. The van der Waals surface area contributed by atoms with E-state index in [9.17, 15) is 0 Å². The molecule has 0 saturated heterocycles. The number of aromatic nitrogens is 4. The van der Waals surface area contributed by atoms with Gasteiger partial charge >= 0.3 is 0 Å². The van der Waals surface area contributed by atoms with Crippen LogP contribution in [0.15, 0.2) is 17.5 Å². The number of aromatic amines is 1. The lowest BCUT2D eigenvalue weighted by atomic mass is 10.3. The monoisotopic (exact) mass is 230 g/mol. The maximum absolute atomic E-state index is 4.43. The van der Waals surface area contributed by atoms with Gasteiger partial charge in [-0.15, -0.1) is 11.3 Å². The first-order valence-electron chi connectivity index (χ1n) is 4.98. The molecule has 0 fully saturated rings. The van der Waals surface area contributed by atoms with E-state index in [0.29, 0.717) is 0 Å². The zero-order valence-electron chi connectivity index (χ0n) is 8.98. The zero-order chi connectivity index (χ0) is 11.1.